The maximum absolute atomic E-state index is 14.6. The molecule has 2 aromatic carbocycles. The van der Waals surface area contributed by atoms with E-state index in [4.69, 9.17) is 4.74 Å². The fourth-order valence-corrected chi connectivity index (χ4v) is 4.26. The zero-order valence-electron chi connectivity index (χ0n) is 18.5. The zero-order chi connectivity index (χ0) is 23.0. The second-order valence-corrected chi connectivity index (χ2v) is 8.35. The summed E-state index contributed by atoms with van der Waals surface area (Å²) in [6, 6.07) is 19.9. The highest BCUT2D eigenvalue weighted by Crippen LogP contribution is 2.29. The van der Waals surface area contributed by atoms with Crippen LogP contribution in [-0.2, 0) is 16.0 Å². The number of hydrogen-bond donors (Lipinski definition) is 2. The maximum atomic E-state index is 14.6. The molecule has 1 amide bonds. The van der Waals surface area contributed by atoms with Crippen molar-refractivity contribution in [2.24, 2.45) is 0 Å². The molecule has 33 heavy (non-hydrogen) atoms. The van der Waals surface area contributed by atoms with Gasteiger partial charge in [0.25, 0.3) is 0 Å². The molecule has 0 saturated carbocycles. The molecule has 4 rings (SSSR count). The molecule has 0 unspecified atom stereocenters. The topological polar surface area (TPSA) is 63.2 Å². The summed E-state index contributed by atoms with van der Waals surface area (Å²) >= 11 is 0. The van der Waals surface area contributed by atoms with E-state index in [0.717, 1.165) is 11.1 Å². The lowest BCUT2D eigenvalue weighted by Gasteiger charge is -2.28. The molecule has 1 saturated heterocycles. The Labute approximate surface area is 194 Å². The number of benzene rings is 2. The quantitative estimate of drug-likeness (QED) is 0.535. The molecule has 0 bridgehead atoms. The minimum absolute atomic E-state index is 0.0436. The van der Waals surface area contributed by atoms with Gasteiger partial charge < -0.3 is 15.4 Å². The molecule has 6 heteroatoms. The van der Waals surface area contributed by atoms with E-state index >= 15 is 0 Å². The second-order valence-electron chi connectivity index (χ2n) is 8.35. The van der Waals surface area contributed by atoms with Gasteiger partial charge >= 0.3 is 0 Å². The molecule has 0 spiro atoms. The Kier molecular flexibility index (Phi) is 7.81. The van der Waals surface area contributed by atoms with Crippen molar-refractivity contribution in [3.05, 3.63) is 102 Å². The fourth-order valence-electron chi connectivity index (χ4n) is 4.26. The maximum Gasteiger partial charge on any atom is 0.225 e. The number of carbonyl (C=O) groups is 1. The Morgan fingerprint density at radius 3 is 2.39 bits per heavy atom. The first-order valence-corrected chi connectivity index (χ1v) is 11.3. The number of ether oxygens (including phenoxy) is 1. The number of aromatic nitrogens is 1. The molecule has 5 nitrogen and oxygen atoms in total. The lowest BCUT2D eigenvalue weighted by atomic mass is 9.88. The third-order valence-electron chi connectivity index (χ3n) is 5.92. The standard InChI is InChI=1S/C27H29FN3O2/c1-19-15-29-16-22(33-19)12-13-23-25(28)17-30-18-26(23)31-27(32)14-24(20-8-4-2-5-9-20)21-10-6-3-7-11-21/h2-11,17-19,22,24,29H,1,12-16H2,(H,31,32)/t19-,22+/m0/s1. The largest absolute Gasteiger partial charge is 0.372 e. The van der Waals surface area contributed by atoms with E-state index in [-0.39, 0.29) is 30.5 Å². The third-order valence-corrected chi connectivity index (χ3v) is 5.92. The Hall–Kier alpha value is -3.09. The predicted molar refractivity (Wildman–Crippen MR) is 127 cm³/mol. The fraction of sp³-hybridized carbons (Fsp3) is 0.296. The monoisotopic (exact) mass is 446 g/mol. The van der Waals surface area contributed by atoms with E-state index in [0.29, 0.717) is 37.2 Å². The van der Waals surface area contributed by atoms with Crippen molar-refractivity contribution in [2.45, 2.75) is 37.4 Å². The summed E-state index contributed by atoms with van der Waals surface area (Å²) < 4.78 is 20.5. The van der Waals surface area contributed by atoms with Gasteiger partial charge in [0.05, 0.1) is 30.3 Å². The van der Waals surface area contributed by atoms with Gasteiger partial charge in [-0.2, -0.15) is 0 Å². The predicted octanol–water partition coefficient (Wildman–Crippen LogP) is 4.51. The van der Waals surface area contributed by atoms with Crippen LogP contribution in [0.25, 0.3) is 0 Å². The molecule has 1 fully saturated rings. The molecular formula is C27H29FN3O2. The van der Waals surface area contributed by atoms with Crippen LogP contribution in [0.2, 0.25) is 0 Å². The molecule has 2 atom stereocenters. The molecule has 1 aliphatic rings. The molecule has 3 aromatic rings. The van der Waals surface area contributed by atoms with Gasteiger partial charge in [-0.1, -0.05) is 60.7 Å². The summed E-state index contributed by atoms with van der Waals surface area (Å²) in [4.78, 5) is 17.0. The molecule has 1 radical (unpaired) electrons. The summed E-state index contributed by atoms with van der Waals surface area (Å²) in [6.07, 6.45) is 3.84. The van der Waals surface area contributed by atoms with Crippen LogP contribution in [0.5, 0.6) is 0 Å². The molecule has 2 N–H and O–H groups in total. The lowest BCUT2D eigenvalue weighted by Crippen LogP contribution is -2.43. The normalized spacial score (nSPS) is 18.3. The van der Waals surface area contributed by atoms with Crippen molar-refractivity contribution in [1.82, 2.24) is 10.3 Å². The first-order valence-electron chi connectivity index (χ1n) is 11.3. The van der Waals surface area contributed by atoms with E-state index in [9.17, 15) is 9.18 Å². The van der Waals surface area contributed by atoms with Crippen LogP contribution in [-0.4, -0.2) is 36.2 Å². The number of morpholine rings is 1. The molecular weight excluding hydrogens is 417 g/mol. The summed E-state index contributed by atoms with van der Waals surface area (Å²) in [5.74, 6) is -0.715. The van der Waals surface area contributed by atoms with Crippen molar-refractivity contribution >= 4 is 11.6 Å². The Bertz CT molecular complexity index is 1010. The van der Waals surface area contributed by atoms with E-state index in [1.54, 1.807) is 0 Å². The number of halogens is 1. The van der Waals surface area contributed by atoms with Crippen molar-refractivity contribution in [2.75, 3.05) is 18.4 Å². The average molecular weight is 447 g/mol. The van der Waals surface area contributed by atoms with Gasteiger partial charge in [-0.3, -0.25) is 9.78 Å². The van der Waals surface area contributed by atoms with E-state index in [1.165, 1.54) is 12.4 Å². The minimum Gasteiger partial charge on any atom is -0.372 e. The number of amides is 1. The average Bonchev–Trinajstić information content (AvgIpc) is 2.83. The van der Waals surface area contributed by atoms with E-state index in [2.05, 4.69) is 22.5 Å². The molecule has 1 aliphatic heterocycles. The summed E-state index contributed by atoms with van der Waals surface area (Å²) in [5.41, 5.74) is 2.97. The van der Waals surface area contributed by atoms with Gasteiger partial charge in [0, 0.05) is 31.0 Å². The van der Waals surface area contributed by atoms with Crippen molar-refractivity contribution in [3.8, 4) is 0 Å². The minimum atomic E-state index is -0.426. The van der Waals surface area contributed by atoms with Crippen LogP contribution in [0, 0.1) is 12.7 Å². The number of nitrogens with zero attached hydrogens (tertiary/aromatic N) is 1. The van der Waals surface area contributed by atoms with E-state index < -0.39 is 5.82 Å². The highest BCUT2D eigenvalue weighted by Gasteiger charge is 2.22. The van der Waals surface area contributed by atoms with Gasteiger partial charge in [-0.25, -0.2) is 4.39 Å². The molecule has 1 aromatic heterocycles. The van der Waals surface area contributed by atoms with Crippen LogP contribution in [0.4, 0.5) is 10.1 Å². The number of rotatable bonds is 8. The highest BCUT2D eigenvalue weighted by molar-refractivity contribution is 5.92. The van der Waals surface area contributed by atoms with Crippen molar-refractivity contribution < 1.29 is 13.9 Å². The smallest absolute Gasteiger partial charge is 0.225 e. The van der Waals surface area contributed by atoms with E-state index in [1.807, 2.05) is 60.7 Å². The van der Waals surface area contributed by atoms with Gasteiger partial charge in [0.2, 0.25) is 5.91 Å². The molecule has 171 valence electrons. The summed E-state index contributed by atoms with van der Waals surface area (Å²) in [5, 5.41) is 6.18. The molecule has 2 heterocycles. The van der Waals surface area contributed by atoms with Crippen LogP contribution in [0.3, 0.4) is 0 Å². The third kappa shape index (κ3) is 6.24. The first kappa shape index (κ1) is 23.1. The van der Waals surface area contributed by atoms with Gasteiger partial charge in [-0.15, -0.1) is 0 Å². The van der Waals surface area contributed by atoms with Gasteiger partial charge in [-0.05, 0) is 30.9 Å². The van der Waals surface area contributed by atoms with Crippen molar-refractivity contribution in [1.29, 1.82) is 0 Å². The zero-order valence-corrected chi connectivity index (χ0v) is 18.5. The Morgan fingerprint density at radius 2 is 1.76 bits per heavy atom. The van der Waals surface area contributed by atoms with Gasteiger partial charge in [0.1, 0.15) is 5.82 Å². The van der Waals surface area contributed by atoms with Crippen LogP contribution in [0.15, 0.2) is 73.1 Å². The van der Waals surface area contributed by atoms with Crippen LogP contribution < -0.4 is 10.6 Å². The van der Waals surface area contributed by atoms with Crippen molar-refractivity contribution in [3.63, 3.8) is 0 Å². The van der Waals surface area contributed by atoms with Crippen LogP contribution in [0.1, 0.15) is 35.4 Å². The Balaban J connectivity index is 1.47. The summed E-state index contributed by atoms with van der Waals surface area (Å²) in [6.45, 7) is 5.35. The number of carbonyl (C=O) groups excluding carboxylic acids is 1. The molecule has 0 aliphatic carbocycles. The first-order chi connectivity index (χ1) is 16.1. The number of anilines is 1. The lowest BCUT2D eigenvalue weighted by molar-refractivity contribution is -0.116. The number of nitrogens with one attached hydrogen (secondary N) is 2. The number of hydrogen-bond acceptors (Lipinski definition) is 4. The Morgan fingerprint density at radius 1 is 1.09 bits per heavy atom. The summed E-state index contributed by atoms with van der Waals surface area (Å²) in [7, 11) is 0. The number of pyridine rings is 1. The van der Waals surface area contributed by atoms with Gasteiger partial charge in [0.15, 0.2) is 0 Å². The second kappa shape index (κ2) is 11.2. The SMILES string of the molecule is [CH2][C@H]1CNC[C@@H](CCc2c(F)cncc2NC(=O)CC(c2ccccc2)c2ccccc2)O1. The van der Waals surface area contributed by atoms with Crippen LogP contribution >= 0.6 is 0 Å². The highest BCUT2D eigenvalue weighted by atomic mass is 19.1.